The zero-order chi connectivity index (χ0) is 23.4. The van der Waals surface area contributed by atoms with E-state index in [4.69, 9.17) is 4.74 Å². The lowest BCUT2D eigenvalue weighted by atomic mass is 10.2. The Labute approximate surface area is 193 Å². The second-order valence-corrected chi connectivity index (χ2v) is 9.82. The maximum absolute atomic E-state index is 12.4. The van der Waals surface area contributed by atoms with Gasteiger partial charge in [-0.3, -0.25) is 9.52 Å². The summed E-state index contributed by atoms with van der Waals surface area (Å²) in [6.45, 7) is 1.85. The van der Waals surface area contributed by atoms with E-state index in [0.717, 1.165) is 17.8 Å². The lowest BCUT2D eigenvalue weighted by Crippen LogP contribution is -2.16. The van der Waals surface area contributed by atoms with Crippen LogP contribution >= 0.6 is 11.3 Å². The monoisotopic (exact) mass is 484 g/mol. The molecule has 9 nitrogen and oxygen atoms in total. The second-order valence-electron chi connectivity index (χ2n) is 7.10. The second kappa shape index (κ2) is 9.51. The number of carbonyl (C=O) groups excluding carboxylic acids is 1. The molecule has 0 saturated carbocycles. The molecular weight excluding hydrogens is 464 g/mol. The molecule has 2 heterocycles. The molecule has 2 aromatic heterocycles. The number of carbonyl (C=O) groups is 1. The van der Waals surface area contributed by atoms with E-state index in [9.17, 15) is 18.0 Å². The lowest BCUT2D eigenvalue weighted by molar-refractivity contribution is 0.0468. The van der Waals surface area contributed by atoms with Gasteiger partial charge in [-0.25, -0.2) is 18.2 Å². The van der Waals surface area contributed by atoms with Gasteiger partial charge >= 0.3 is 5.97 Å². The first kappa shape index (κ1) is 22.6. The molecule has 0 atom stereocenters. The molecule has 33 heavy (non-hydrogen) atoms. The van der Waals surface area contributed by atoms with Crippen LogP contribution in [0.15, 0.2) is 70.4 Å². The van der Waals surface area contributed by atoms with E-state index in [-0.39, 0.29) is 22.6 Å². The first-order valence-electron chi connectivity index (χ1n) is 10.1. The van der Waals surface area contributed by atoms with Gasteiger partial charge < -0.3 is 4.74 Å². The average molecular weight is 485 g/mol. The highest BCUT2D eigenvalue weighted by atomic mass is 32.2. The van der Waals surface area contributed by atoms with Crippen molar-refractivity contribution >= 4 is 38.0 Å². The van der Waals surface area contributed by atoms with Crippen molar-refractivity contribution in [2.24, 2.45) is 0 Å². The molecule has 0 aliphatic heterocycles. The summed E-state index contributed by atoms with van der Waals surface area (Å²) in [7, 11) is -3.73. The smallest absolute Gasteiger partial charge is 0.338 e. The molecule has 0 fully saturated rings. The third-order valence-electron chi connectivity index (χ3n) is 4.58. The van der Waals surface area contributed by atoms with Crippen LogP contribution in [-0.2, 0) is 27.8 Å². The van der Waals surface area contributed by atoms with Crippen LogP contribution in [0.1, 0.15) is 34.4 Å². The first-order valence-corrected chi connectivity index (χ1v) is 12.4. The Morgan fingerprint density at radius 1 is 1.12 bits per heavy atom. The van der Waals surface area contributed by atoms with Gasteiger partial charge in [0.1, 0.15) is 11.6 Å². The molecular formula is C22H20N4O5S2. The Hall–Kier alpha value is -3.57. The highest BCUT2D eigenvalue weighted by Gasteiger charge is 2.15. The molecule has 0 bridgehead atoms. The largest absolute Gasteiger partial charge is 0.456 e. The van der Waals surface area contributed by atoms with Gasteiger partial charge in [0.15, 0.2) is 0 Å². The van der Waals surface area contributed by atoms with Crippen molar-refractivity contribution in [1.29, 1.82) is 0 Å². The van der Waals surface area contributed by atoms with E-state index >= 15 is 0 Å². The van der Waals surface area contributed by atoms with Crippen molar-refractivity contribution in [2.45, 2.75) is 31.3 Å². The van der Waals surface area contributed by atoms with Crippen LogP contribution in [0, 0.1) is 0 Å². The molecule has 0 radical (unpaired) electrons. The van der Waals surface area contributed by atoms with Crippen LogP contribution in [-0.4, -0.2) is 29.0 Å². The summed E-state index contributed by atoms with van der Waals surface area (Å²) in [6, 6.07) is 15.1. The van der Waals surface area contributed by atoms with Crippen LogP contribution in [0.5, 0.6) is 0 Å². The number of aryl methyl sites for hydroxylation is 1. The van der Waals surface area contributed by atoms with E-state index < -0.39 is 16.0 Å². The number of nitrogens with zero attached hydrogens (tertiary/aromatic N) is 3. The minimum Gasteiger partial charge on any atom is -0.456 e. The Morgan fingerprint density at radius 2 is 1.85 bits per heavy atom. The summed E-state index contributed by atoms with van der Waals surface area (Å²) in [6.07, 6.45) is 1.67. The SMILES string of the molecule is CCCc1nn2c(=O)cc(COC(=O)c3ccc(NS(=O)(=O)c4ccccc4)cc3)nc2s1. The maximum Gasteiger partial charge on any atom is 0.338 e. The summed E-state index contributed by atoms with van der Waals surface area (Å²) in [5.74, 6) is -0.620. The summed E-state index contributed by atoms with van der Waals surface area (Å²) in [4.78, 5) is 29.6. The Bertz CT molecular complexity index is 1450. The van der Waals surface area contributed by atoms with E-state index in [0.29, 0.717) is 16.3 Å². The van der Waals surface area contributed by atoms with Crippen LogP contribution in [0.3, 0.4) is 0 Å². The Kier molecular flexibility index (Phi) is 6.52. The van der Waals surface area contributed by atoms with E-state index in [1.165, 1.54) is 58.3 Å². The van der Waals surface area contributed by atoms with Gasteiger partial charge in [0.25, 0.3) is 15.6 Å². The van der Waals surface area contributed by atoms with Crippen molar-refractivity contribution in [3.63, 3.8) is 0 Å². The Balaban J connectivity index is 1.41. The number of rotatable bonds is 8. The number of hydrogen-bond acceptors (Lipinski definition) is 8. The van der Waals surface area contributed by atoms with Gasteiger partial charge in [-0.2, -0.15) is 9.61 Å². The third-order valence-corrected chi connectivity index (χ3v) is 6.95. The van der Waals surface area contributed by atoms with Crippen LogP contribution in [0.2, 0.25) is 0 Å². The number of nitrogens with one attached hydrogen (secondary N) is 1. The van der Waals surface area contributed by atoms with Crippen molar-refractivity contribution in [1.82, 2.24) is 14.6 Å². The fourth-order valence-electron chi connectivity index (χ4n) is 3.00. The van der Waals surface area contributed by atoms with Gasteiger partial charge in [-0.05, 0) is 42.8 Å². The molecule has 4 aromatic rings. The van der Waals surface area contributed by atoms with Crippen LogP contribution in [0.4, 0.5) is 5.69 Å². The fourth-order valence-corrected chi connectivity index (χ4v) is 5.09. The van der Waals surface area contributed by atoms with Gasteiger partial charge in [0.2, 0.25) is 4.96 Å². The summed E-state index contributed by atoms with van der Waals surface area (Å²) in [5, 5.41) is 5.06. The lowest BCUT2D eigenvalue weighted by Gasteiger charge is -2.09. The van der Waals surface area contributed by atoms with Crippen LogP contribution in [0.25, 0.3) is 4.96 Å². The molecule has 4 rings (SSSR count). The minimum absolute atomic E-state index is 0.136. The van der Waals surface area contributed by atoms with Gasteiger partial charge in [-0.1, -0.05) is 36.5 Å². The highest BCUT2D eigenvalue weighted by molar-refractivity contribution is 7.92. The van der Waals surface area contributed by atoms with Gasteiger partial charge in [0, 0.05) is 18.2 Å². The number of esters is 1. The number of ether oxygens (including phenoxy) is 1. The average Bonchev–Trinajstić information content (AvgIpc) is 3.22. The highest BCUT2D eigenvalue weighted by Crippen LogP contribution is 2.17. The summed E-state index contributed by atoms with van der Waals surface area (Å²) >= 11 is 1.33. The topological polar surface area (TPSA) is 120 Å². The summed E-state index contributed by atoms with van der Waals surface area (Å²) in [5.41, 5.74) is 0.536. The molecule has 2 aromatic carbocycles. The number of sulfonamides is 1. The molecule has 0 amide bonds. The number of benzene rings is 2. The number of hydrogen-bond donors (Lipinski definition) is 1. The molecule has 0 aliphatic rings. The standard InChI is InChI=1S/C22H20N4O5S2/c1-2-6-19-24-26-20(27)13-17(23-22(26)32-19)14-31-21(28)15-9-11-16(12-10-15)25-33(29,30)18-7-4-3-5-8-18/h3-5,7-13,25H,2,6,14H2,1H3. The van der Waals surface area contributed by atoms with E-state index in [2.05, 4.69) is 14.8 Å². The minimum atomic E-state index is -3.73. The zero-order valence-electron chi connectivity index (χ0n) is 17.6. The van der Waals surface area contributed by atoms with E-state index in [1.807, 2.05) is 6.92 Å². The Morgan fingerprint density at radius 3 is 2.55 bits per heavy atom. The maximum atomic E-state index is 12.4. The predicted molar refractivity (Wildman–Crippen MR) is 124 cm³/mol. The fraction of sp³-hybridized carbons (Fsp3) is 0.182. The van der Waals surface area contributed by atoms with Crippen molar-refractivity contribution in [2.75, 3.05) is 4.72 Å². The molecule has 0 unspecified atom stereocenters. The molecule has 1 N–H and O–H groups in total. The quantitative estimate of drug-likeness (QED) is 0.381. The third kappa shape index (κ3) is 5.26. The predicted octanol–water partition coefficient (Wildman–Crippen LogP) is 3.26. The number of anilines is 1. The molecule has 11 heteroatoms. The van der Waals surface area contributed by atoms with Crippen LogP contribution < -0.4 is 10.3 Å². The normalized spacial score (nSPS) is 11.4. The number of fused-ring (bicyclic) bond motifs is 1. The zero-order valence-corrected chi connectivity index (χ0v) is 19.2. The molecule has 0 saturated heterocycles. The van der Waals surface area contributed by atoms with Crippen molar-refractivity contribution in [3.8, 4) is 0 Å². The van der Waals surface area contributed by atoms with Crippen molar-refractivity contribution in [3.05, 3.63) is 87.3 Å². The molecule has 0 aliphatic carbocycles. The van der Waals surface area contributed by atoms with Gasteiger partial charge in [0.05, 0.1) is 16.2 Å². The van der Waals surface area contributed by atoms with Crippen molar-refractivity contribution < 1.29 is 17.9 Å². The first-order chi connectivity index (χ1) is 15.9. The van der Waals surface area contributed by atoms with Gasteiger partial charge in [-0.15, -0.1) is 0 Å². The summed E-state index contributed by atoms with van der Waals surface area (Å²) < 4.78 is 33.8. The number of aromatic nitrogens is 3. The molecule has 170 valence electrons. The molecule has 0 spiro atoms. The van der Waals surface area contributed by atoms with E-state index in [1.54, 1.807) is 18.2 Å².